The van der Waals surface area contributed by atoms with Gasteiger partial charge in [0.1, 0.15) is 5.15 Å². The molecule has 0 fully saturated rings. The first-order valence-electron chi connectivity index (χ1n) is 4.44. The minimum absolute atomic E-state index is 0.474. The molecule has 0 saturated carbocycles. The van der Waals surface area contributed by atoms with E-state index in [0.29, 0.717) is 23.6 Å². The number of ether oxygens (including phenoxy) is 1. The van der Waals surface area contributed by atoms with E-state index >= 15 is 0 Å². The summed E-state index contributed by atoms with van der Waals surface area (Å²) in [5.41, 5.74) is 0. The first-order valence-corrected chi connectivity index (χ1v) is 4.81. The van der Waals surface area contributed by atoms with E-state index in [1.165, 1.54) is 0 Å². The summed E-state index contributed by atoms with van der Waals surface area (Å²) in [4.78, 5) is 4.01. The summed E-state index contributed by atoms with van der Waals surface area (Å²) in [5, 5.41) is 0.474. The molecule has 1 aromatic heterocycles. The Morgan fingerprint density at radius 2 is 2.23 bits per heavy atom. The molecule has 2 nitrogen and oxygen atoms in total. The molecule has 3 heteroatoms. The normalized spacial score (nSPS) is 10.5. The quantitative estimate of drug-likeness (QED) is 0.695. The van der Waals surface area contributed by atoms with Gasteiger partial charge in [-0.3, -0.25) is 0 Å². The highest BCUT2D eigenvalue weighted by Crippen LogP contribution is 2.12. The van der Waals surface area contributed by atoms with E-state index in [9.17, 15) is 0 Å². The van der Waals surface area contributed by atoms with Crippen LogP contribution < -0.4 is 4.74 Å². The van der Waals surface area contributed by atoms with Crippen LogP contribution in [0.15, 0.2) is 18.2 Å². The van der Waals surface area contributed by atoms with Crippen LogP contribution in [0, 0.1) is 5.92 Å². The number of hydrogen-bond acceptors (Lipinski definition) is 2. The summed E-state index contributed by atoms with van der Waals surface area (Å²) in [5.74, 6) is 1.26. The van der Waals surface area contributed by atoms with E-state index in [2.05, 4.69) is 18.8 Å². The Kier molecular flexibility index (Phi) is 4.03. The van der Waals surface area contributed by atoms with Gasteiger partial charge in [0, 0.05) is 6.07 Å². The number of hydrogen-bond donors (Lipinski definition) is 0. The van der Waals surface area contributed by atoms with Crippen LogP contribution in [0.25, 0.3) is 0 Å². The van der Waals surface area contributed by atoms with Crippen LogP contribution in [-0.2, 0) is 0 Å². The van der Waals surface area contributed by atoms with Crippen LogP contribution in [0.4, 0.5) is 0 Å². The van der Waals surface area contributed by atoms with Crippen molar-refractivity contribution < 1.29 is 4.74 Å². The Morgan fingerprint density at radius 1 is 1.46 bits per heavy atom. The van der Waals surface area contributed by atoms with Crippen molar-refractivity contribution in [3.05, 3.63) is 23.4 Å². The zero-order valence-corrected chi connectivity index (χ0v) is 8.71. The van der Waals surface area contributed by atoms with Gasteiger partial charge in [0.2, 0.25) is 5.88 Å². The molecule has 0 unspecified atom stereocenters. The van der Waals surface area contributed by atoms with Crippen molar-refractivity contribution >= 4 is 11.6 Å². The van der Waals surface area contributed by atoms with Crippen molar-refractivity contribution in [1.29, 1.82) is 0 Å². The molecule has 0 amide bonds. The molecule has 1 heterocycles. The molecule has 1 aromatic rings. The third-order valence-corrected chi connectivity index (χ3v) is 1.85. The summed E-state index contributed by atoms with van der Waals surface area (Å²) in [6.07, 6.45) is 1.04. The first kappa shape index (κ1) is 10.3. The monoisotopic (exact) mass is 199 g/mol. The van der Waals surface area contributed by atoms with Gasteiger partial charge in [-0.1, -0.05) is 31.5 Å². The zero-order valence-electron chi connectivity index (χ0n) is 7.96. The van der Waals surface area contributed by atoms with Gasteiger partial charge in [-0.15, -0.1) is 0 Å². The lowest BCUT2D eigenvalue weighted by atomic mass is 10.1. The second-order valence-corrected chi connectivity index (χ2v) is 3.72. The molecule has 0 aliphatic carbocycles. The topological polar surface area (TPSA) is 22.1 Å². The maximum Gasteiger partial charge on any atom is 0.214 e. The molecular formula is C10H14ClNO. The molecule has 0 N–H and O–H groups in total. The van der Waals surface area contributed by atoms with Crippen LogP contribution in [-0.4, -0.2) is 11.6 Å². The summed E-state index contributed by atoms with van der Waals surface area (Å²) < 4.78 is 5.40. The number of nitrogens with zero attached hydrogens (tertiary/aromatic N) is 1. The van der Waals surface area contributed by atoms with Crippen molar-refractivity contribution in [2.75, 3.05) is 6.61 Å². The van der Waals surface area contributed by atoms with Crippen molar-refractivity contribution in [3.63, 3.8) is 0 Å². The maximum absolute atomic E-state index is 5.70. The Bertz CT molecular complexity index is 263. The van der Waals surface area contributed by atoms with E-state index in [0.717, 1.165) is 6.42 Å². The third kappa shape index (κ3) is 4.13. The number of pyridine rings is 1. The van der Waals surface area contributed by atoms with Crippen LogP contribution in [0.2, 0.25) is 5.15 Å². The molecule has 0 radical (unpaired) electrons. The van der Waals surface area contributed by atoms with Gasteiger partial charge in [-0.2, -0.15) is 0 Å². The van der Waals surface area contributed by atoms with Gasteiger partial charge in [0.05, 0.1) is 6.61 Å². The van der Waals surface area contributed by atoms with Crippen LogP contribution >= 0.6 is 11.6 Å². The molecule has 13 heavy (non-hydrogen) atoms. The highest BCUT2D eigenvalue weighted by molar-refractivity contribution is 6.29. The molecule has 0 saturated heterocycles. The predicted molar refractivity (Wildman–Crippen MR) is 54.2 cm³/mol. The SMILES string of the molecule is CC(C)CCOc1cccc(Cl)n1. The predicted octanol–water partition coefficient (Wildman–Crippen LogP) is 3.16. The molecule has 0 aromatic carbocycles. The fraction of sp³-hybridized carbons (Fsp3) is 0.500. The molecule has 0 aliphatic heterocycles. The lowest BCUT2D eigenvalue weighted by Gasteiger charge is -2.06. The lowest BCUT2D eigenvalue weighted by Crippen LogP contribution is -2.02. The highest BCUT2D eigenvalue weighted by atomic mass is 35.5. The molecule has 72 valence electrons. The average molecular weight is 200 g/mol. The van der Waals surface area contributed by atoms with Crippen LogP contribution in [0.3, 0.4) is 0 Å². The molecule has 0 bridgehead atoms. The Hall–Kier alpha value is -0.760. The van der Waals surface area contributed by atoms with Crippen LogP contribution in [0.5, 0.6) is 5.88 Å². The molecule has 0 aliphatic rings. The summed E-state index contributed by atoms with van der Waals surface area (Å²) >= 11 is 5.70. The van der Waals surface area contributed by atoms with E-state index in [1.807, 2.05) is 12.1 Å². The summed E-state index contributed by atoms with van der Waals surface area (Å²) in [6.45, 7) is 5.02. The van der Waals surface area contributed by atoms with Gasteiger partial charge in [-0.05, 0) is 18.4 Å². The second-order valence-electron chi connectivity index (χ2n) is 3.33. The fourth-order valence-corrected chi connectivity index (χ4v) is 1.03. The molecular weight excluding hydrogens is 186 g/mol. The molecule has 0 spiro atoms. The van der Waals surface area contributed by atoms with Gasteiger partial charge < -0.3 is 4.74 Å². The van der Waals surface area contributed by atoms with E-state index in [4.69, 9.17) is 16.3 Å². The molecule has 1 rings (SSSR count). The molecule has 0 atom stereocenters. The van der Waals surface area contributed by atoms with E-state index in [1.54, 1.807) is 6.07 Å². The second kappa shape index (κ2) is 5.07. The van der Waals surface area contributed by atoms with Crippen molar-refractivity contribution in [2.24, 2.45) is 5.92 Å². The minimum Gasteiger partial charge on any atom is -0.478 e. The van der Waals surface area contributed by atoms with Gasteiger partial charge in [0.25, 0.3) is 0 Å². The smallest absolute Gasteiger partial charge is 0.214 e. The van der Waals surface area contributed by atoms with Gasteiger partial charge >= 0.3 is 0 Å². The van der Waals surface area contributed by atoms with Gasteiger partial charge in [-0.25, -0.2) is 4.98 Å². The largest absolute Gasteiger partial charge is 0.478 e. The van der Waals surface area contributed by atoms with Crippen molar-refractivity contribution in [3.8, 4) is 5.88 Å². The highest BCUT2D eigenvalue weighted by Gasteiger charge is 1.97. The van der Waals surface area contributed by atoms with Crippen molar-refractivity contribution in [2.45, 2.75) is 20.3 Å². The maximum atomic E-state index is 5.70. The average Bonchev–Trinajstić information content (AvgIpc) is 2.03. The Balaban J connectivity index is 2.37. The lowest BCUT2D eigenvalue weighted by molar-refractivity contribution is 0.279. The van der Waals surface area contributed by atoms with E-state index < -0.39 is 0 Å². The number of halogens is 1. The fourth-order valence-electron chi connectivity index (χ4n) is 0.869. The van der Waals surface area contributed by atoms with E-state index in [-0.39, 0.29) is 0 Å². The third-order valence-electron chi connectivity index (χ3n) is 1.63. The minimum atomic E-state index is 0.474. The first-order chi connectivity index (χ1) is 6.18. The Morgan fingerprint density at radius 3 is 2.85 bits per heavy atom. The standard InChI is InChI=1S/C10H14ClNO/c1-8(2)6-7-13-10-5-3-4-9(11)12-10/h3-5,8H,6-7H2,1-2H3. The van der Waals surface area contributed by atoms with Crippen LogP contribution in [0.1, 0.15) is 20.3 Å². The van der Waals surface area contributed by atoms with Gasteiger partial charge in [0.15, 0.2) is 0 Å². The number of rotatable bonds is 4. The van der Waals surface area contributed by atoms with Crippen molar-refractivity contribution in [1.82, 2.24) is 4.98 Å². The Labute approximate surface area is 83.9 Å². The summed E-state index contributed by atoms with van der Waals surface area (Å²) in [6, 6.07) is 5.38. The zero-order chi connectivity index (χ0) is 9.68. The summed E-state index contributed by atoms with van der Waals surface area (Å²) in [7, 11) is 0. The number of aromatic nitrogens is 1.